The van der Waals surface area contributed by atoms with Crippen molar-refractivity contribution in [3.63, 3.8) is 0 Å². The Balaban J connectivity index is 1.94. The first kappa shape index (κ1) is 15.9. The fourth-order valence-electron chi connectivity index (χ4n) is 4.64. The molecule has 0 unspecified atom stereocenters. The minimum atomic E-state index is -0.662. The van der Waals surface area contributed by atoms with Crippen LogP contribution in [0.4, 0.5) is 0 Å². The van der Waals surface area contributed by atoms with Gasteiger partial charge >= 0.3 is 0 Å². The molecule has 2 aromatic carbocycles. The molecule has 2 nitrogen and oxygen atoms in total. The van der Waals surface area contributed by atoms with Crippen molar-refractivity contribution in [3.05, 3.63) is 95.9 Å². The summed E-state index contributed by atoms with van der Waals surface area (Å²) in [5.41, 5.74) is 1.74. The largest absolute Gasteiger partial charge is 0.468 e. The van der Waals surface area contributed by atoms with Gasteiger partial charge in [0.05, 0.1) is 11.7 Å². The Kier molecular flexibility index (Phi) is 3.84. The summed E-state index contributed by atoms with van der Waals surface area (Å²) in [6, 6.07) is 24.6. The molecule has 0 saturated heterocycles. The van der Waals surface area contributed by atoms with Crippen molar-refractivity contribution in [1.82, 2.24) is 0 Å². The maximum Gasteiger partial charge on any atom is 0.150 e. The molecule has 1 heterocycles. The van der Waals surface area contributed by atoms with Gasteiger partial charge in [0.25, 0.3) is 0 Å². The van der Waals surface area contributed by atoms with E-state index in [1.807, 2.05) is 43.3 Å². The van der Waals surface area contributed by atoms with Gasteiger partial charge in [0, 0.05) is 17.8 Å². The highest BCUT2D eigenvalue weighted by molar-refractivity contribution is 5.96. The lowest BCUT2D eigenvalue weighted by atomic mass is 9.70. The van der Waals surface area contributed by atoms with E-state index < -0.39 is 5.41 Å². The molecule has 25 heavy (non-hydrogen) atoms. The normalized spacial score (nSPS) is 29.0. The topological polar surface area (TPSA) is 30.2 Å². The van der Waals surface area contributed by atoms with Crippen molar-refractivity contribution < 1.29 is 9.21 Å². The Hall–Kier alpha value is -2.61. The summed E-state index contributed by atoms with van der Waals surface area (Å²) in [4.78, 5) is 13.4. The fourth-order valence-corrected chi connectivity index (χ4v) is 4.64. The SMILES string of the molecule is C[C@@H]1C(=O)[C@](C)(c2ccco2)[C@H](c2ccccc2)[C@H]1c1ccccc1. The van der Waals surface area contributed by atoms with Crippen LogP contribution in [0.25, 0.3) is 0 Å². The van der Waals surface area contributed by atoms with E-state index >= 15 is 0 Å². The highest BCUT2D eigenvalue weighted by atomic mass is 16.3. The van der Waals surface area contributed by atoms with Gasteiger partial charge in [0.2, 0.25) is 0 Å². The van der Waals surface area contributed by atoms with Crippen LogP contribution in [0.15, 0.2) is 83.5 Å². The zero-order chi connectivity index (χ0) is 17.4. The molecule has 2 heteroatoms. The van der Waals surface area contributed by atoms with Gasteiger partial charge in [-0.05, 0) is 30.2 Å². The molecule has 3 aromatic rings. The van der Waals surface area contributed by atoms with Gasteiger partial charge < -0.3 is 4.42 Å². The van der Waals surface area contributed by atoms with Gasteiger partial charge in [-0.15, -0.1) is 0 Å². The van der Waals surface area contributed by atoms with E-state index in [-0.39, 0.29) is 23.5 Å². The van der Waals surface area contributed by atoms with E-state index in [9.17, 15) is 4.79 Å². The highest BCUT2D eigenvalue weighted by Gasteiger charge is 2.58. The Bertz CT molecular complexity index is 852. The molecule has 0 spiro atoms. The van der Waals surface area contributed by atoms with Gasteiger partial charge in [0.15, 0.2) is 0 Å². The molecule has 0 N–H and O–H groups in total. The molecule has 1 aromatic heterocycles. The lowest BCUT2D eigenvalue weighted by Crippen LogP contribution is -2.34. The smallest absolute Gasteiger partial charge is 0.150 e. The molecule has 4 atom stereocenters. The number of benzene rings is 2. The van der Waals surface area contributed by atoms with Crippen molar-refractivity contribution in [1.29, 1.82) is 0 Å². The van der Waals surface area contributed by atoms with Crippen LogP contribution in [0.5, 0.6) is 0 Å². The number of carbonyl (C=O) groups excluding carboxylic acids is 1. The lowest BCUT2D eigenvalue weighted by molar-refractivity contribution is -0.125. The average Bonchev–Trinajstić information content (AvgIpc) is 3.26. The predicted molar refractivity (Wildman–Crippen MR) is 98.6 cm³/mol. The molecular weight excluding hydrogens is 308 g/mol. The third-order valence-corrected chi connectivity index (χ3v) is 5.82. The van der Waals surface area contributed by atoms with Crippen molar-refractivity contribution in [2.75, 3.05) is 0 Å². The molecule has 0 amide bonds. The molecule has 0 aliphatic heterocycles. The third-order valence-electron chi connectivity index (χ3n) is 5.82. The predicted octanol–water partition coefficient (Wildman–Crippen LogP) is 5.32. The first-order valence-electron chi connectivity index (χ1n) is 8.82. The number of furan rings is 1. The summed E-state index contributed by atoms with van der Waals surface area (Å²) in [7, 11) is 0. The van der Waals surface area contributed by atoms with Crippen LogP contribution in [0, 0.1) is 5.92 Å². The first-order chi connectivity index (χ1) is 12.1. The van der Waals surface area contributed by atoms with Crippen LogP contribution in [0.1, 0.15) is 42.6 Å². The van der Waals surface area contributed by atoms with Crippen LogP contribution < -0.4 is 0 Å². The third kappa shape index (κ3) is 2.36. The van der Waals surface area contributed by atoms with E-state index in [1.165, 1.54) is 11.1 Å². The van der Waals surface area contributed by atoms with E-state index in [1.54, 1.807) is 6.26 Å². The van der Waals surface area contributed by atoms with Crippen LogP contribution in [-0.2, 0) is 10.2 Å². The van der Waals surface area contributed by atoms with E-state index in [4.69, 9.17) is 4.42 Å². The number of hydrogen-bond donors (Lipinski definition) is 0. The van der Waals surface area contributed by atoms with E-state index in [2.05, 4.69) is 43.3 Å². The number of Topliss-reactive ketones (excluding diaryl/α,β-unsaturated/α-hetero) is 1. The second-order valence-electron chi connectivity index (χ2n) is 7.16. The summed E-state index contributed by atoms with van der Waals surface area (Å²) < 4.78 is 5.75. The van der Waals surface area contributed by atoms with Crippen LogP contribution in [0.2, 0.25) is 0 Å². The Morgan fingerprint density at radius 2 is 1.44 bits per heavy atom. The number of carbonyl (C=O) groups is 1. The van der Waals surface area contributed by atoms with Crippen LogP contribution in [-0.4, -0.2) is 5.78 Å². The van der Waals surface area contributed by atoms with Gasteiger partial charge in [-0.1, -0.05) is 67.6 Å². The minimum absolute atomic E-state index is 0.0461. The highest BCUT2D eigenvalue weighted by Crippen LogP contribution is 2.58. The maximum atomic E-state index is 13.4. The maximum absolute atomic E-state index is 13.4. The van der Waals surface area contributed by atoms with E-state index in [0.29, 0.717) is 0 Å². The van der Waals surface area contributed by atoms with Crippen molar-refractivity contribution in [2.45, 2.75) is 31.1 Å². The molecule has 1 fully saturated rings. The fraction of sp³-hybridized carbons (Fsp3) is 0.261. The Labute approximate surface area is 148 Å². The molecular formula is C23H22O2. The lowest BCUT2D eigenvalue weighted by Gasteiger charge is -2.32. The first-order valence-corrected chi connectivity index (χ1v) is 8.82. The van der Waals surface area contributed by atoms with Gasteiger partial charge in [0.1, 0.15) is 11.5 Å². The second kappa shape index (κ2) is 6.03. The van der Waals surface area contributed by atoms with Gasteiger partial charge in [-0.2, -0.15) is 0 Å². The molecule has 4 rings (SSSR count). The van der Waals surface area contributed by atoms with Crippen molar-refractivity contribution in [3.8, 4) is 0 Å². The summed E-state index contributed by atoms with van der Waals surface area (Å²) in [6.07, 6.45) is 1.66. The summed E-state index contributed by atoms with van der Waals surface area (Å²) in [5.74, 6) is 1.13. The van der Waals surface area contributed by atoms with Crippen LogP contribution >= 0.6 is 0 Å². The van der Waals surface area contributed by atoms with Crippen molar-refractivity contribution >= 4 is 5.78 Å². The molecule has 126 valence electrons. The molecule has 1 aliphatic carbocycles. The number of hydrogen-bond acceptors (Lipinski definition) is 2. The quantitative estimate of drug-likeness (QED) is 0.650. The number of rotatable bonds is 3. The minimum Gasteiger partial charge on any atom is -0.468 e. The summed E-state index contributed by atoms with van der Waals surface area (Å²) in [5, 5.41) is 0. The summed E-state index contributed by atoms with van der Waals surface area (Å²) >= 11 is 0. The monoisotopic (exact) mass is 330 g/mol. The molecule has 0 radical (unpaired) electrons. The summed E-state index contributed by atoms with van der Waals surface area (Å²) in [6.45, 7) is 4.11. The average molecular weight is 330 g/mol. The Morgan fingerprint density at radius 3 is 2.00 bits per heavy atom. The van der Waals surface area contributed by atoms with Gasteiger partial charge in [-0.25, -0.2) is 0 Å². The number of ketones is 1. The zero-order valence-electron chi connectivity index (χ0n) is 14.6. The molecule has 1 aliphatic rings. The Morgan fingerprint density at radius 1 is 0.840 bits per heavy atom. The zero-order valence-corrected chi connectivity index (χ0v) is 14.6. The van der Waals surface area contributed by atoms with E-state index in [0.717, 1.165) is 5.76 Å². The van der Waals surface area contributed by atoms with Crippen LogP contribution in [0.3, 0.4) is 0 Å². The molecule has 0 bridgehead atoms. The standard InChI is InChI=1S/C23H22O2/c1-16-20(17-10-5-3-6-11-17)21(18-12-7-4-8-13-18)23(2,22(16)24)19-14-9-15-25-19/h3-16,20-21H,1-2H3/t16-,20+,21+,23+/m0/s1. The van der Waals surface area contributed by atoms with Crippen molar-refractivity contribution in [2.24, 2.45) is 5.92 Å². The second-order valence-corrected chi connectivity index (χ2v) is 7.16. The molecule has 1 saturated carbocycles. The van der Waals surface area contributed by atoms with Gasteiger partial charge in [-0.3, -0.25) is 4.79 Å².